The Hall–Kier alpha value is -3.11. The van der Waals surface area contributed by atoms with Crippen LogP contribution in [0, 0.1) is 0 Å². The first-order valence-corrected chi connectivity index (χ1v) is 11.0. The van der Waals surface area contributed by atoms with Gasteiger partial charge >= 0.3 is 6.03 Å². The molecule has 30 heavy (non-hydrogen) atoms. The van der Waals surface area contributed by atoms with Crippen LogP contribution in [-0.2, 0) is 10.0 Å². The lowest BCUT2D eigenvalue weighted by Crippen LogP contribution is -2.36. The number of anilines is 1. The highest BCUT2D eigenvalue weighted by atomic mass is 32.2. The van der Waals surface area contributed by atoms with Gasteiger partial charge in [0, 0.05) is 24.7 Å². The van der Waals surface area contributed by atoms with Crippen molar-refractivity contribution in [2.24, 2.45) is 0 Å². The molecule has 0 radical (unpaired) electrons. The maximum absolute atomic E-state index is 12.3. The van der Waals surface area contributed by atoms with Gasteiger partial charge in [0.25, 0.3) is 0 Å². The van der Waals surface area contributed by atoms with Crippen molar-refractivity contribution < 1.29 is 22.4 Å². The lowest BCUT2D eigenvalue weighted by Gasteiger charge is -2.09. The van der Waals surface area contributed by atoms with Crippen molar-refractivity contribution in [3.8, 4) is 5.75 Å². The molecular weight excluding hydrogens is 408 g/mol. The van der Waals surface area contributed by atoms with Gasteiger partial charge in [-0.15, -0.1) is 0 Å². The van der Waals surface area contributed by atoms with Gasteiger partial charge in [-0.1, -0.05) is 0 Å². The van der Waals surface area contributed by atoms with Crippen molar-refractivity contribution in [3.63, 3.8) is 0 Å². The van der Waals surface area contributed by atoms with Crippen LogP contribution in [0.15, 0.2) is 51.8 Å². The Morgan fingerprint density at radius 3 is 2.63 bits per heavy atom. The van der Waals surface area contributed by atoms with Crippen molar-refractivity contribution in [2.45, 2.75) is 23.7 Å². The van der Waals surface area contributed by atoms with Crippen molar-refractivity contribution in [2.75, 3.05) is 25.5 Å². The molecule has 158 valence electrons. The van der Waals surface area contributed by atoms with Gasteiger partial charge in [0.1, 0.15) is 11.3 Å². The first kappa shape index (κ1) is 20.2. The van der Waals surface area contributed by atoms with E-state index in [1.54, 1.807) is 30.3 Å². The van der Waals surface area contributed by atoms with Gasteiger partial charge < -0.3 is 19.8 Å². The monoisotopic (exact) mass is 430 g/mol. The normalized spacial score (nSPS) is 13.9. The molecule has 0 bridgehead atoms. The maximum atomic E-state index is 12.3. The molecule has 4 rings (SSSR count). The molecule has 1 aliphatic rings. The topological polar surface area (TPSA) is 123 Å². The third-order valence-corrected chi connectivity index (χ3v) is 6.14. The number of aromatic nitrogens is 1. The summed E-state index contributed by atoms with van der Waals surface area (Å²) < 4.78 is 37.7. The maximum Gasteiger partial charge on any atom is 0.319 e. The molecule has 1 aromatic heterocycles. The van der Waals surface area contributed by atoms with E-state index >= 15 is 0 Å². The molecule has 3 aromatic rings. The summed E-state index contributed by atoms with van der Waals surface area (Å²) >= 11 is 0. The molecule has 0 atom stereocenters. The molecule has 2 aromatic carbocycles. The van der Waals surface area contributed by atoms with Crippen LogP contribution in [0.25, 0.3) is 11.1 Å². The Balaban J connectivity index is 1.26. The fraction of sp³-hybridized carbons (Fsp3) is 0.300. The number of rotatable bonds is 8. The third-order valence-electron chi connectivity index (χ3n) is 4.66. The zero-order chi connectivity index (χ0) is 21.1. The quantitative estimate of drug-likeness (QED) is 0.472. The van der Waals surface area contributed by atoms with Crippen LogP contribution in [0.5, 0.6) is 5.75 Å². The fourth-order valence-corrected chi connectivity index (χ4v) is 3.93. The summed E-state index contributed by atoms with van der Waals surface area (Å²) in [5.41, 5.74) is 1.97. The predicted molar refractivity (Wildman–Crippen MR) is 111 cm³/mol. The van der Waals surface area contributed by atoms with Crippen LogP contribution in [0.1, 0.15) is 24.7 Å². The third kappa shape index (κ3) is 4.71. The molecule has 1 aliphatic carbocycles. The Bertz CT molecular complexity index is 1150. The summed E-state index contributed by atoms with van der Waals surface area (Å²) in [5, 5.41) is 5.32. The highest BCUT2D eigenvalue weighted by Gasteiger charge is 2.28. The average molecular weight is 430 g/mol. The largest absolute Gasteiger partial charge is 0.497 e. The second-order valence-corrected chi connectivity index (χ2v) is 8.73. The van der Waals surface area contributed by atoms with E-state index in [9.17, 15) is 13.2 Å². The number of carbonyl (C=O) groups is 1. The van der Waals surface area contributed by atoms with Crippen LogP contribution in [0.3, 0.4) is 0 Å². The highest BCUT2D eigenvalue weighted by Crippen LogP contribution is 2.40. The van der Waals surface area contributed by atoms with Gasteiger partial charge in [0.2, 0.25) is 10.0 Å². The van der Waals surface area contributed by atoms with E-state index in [2.05, 4.69) is 20.3 Å². The minimum atomic E-state index is -3.66. The molecule has 1 saturated carbocycles. The van der Waals surface area contributed by atoms with E-state index in [1.807, 2.05) is 0 Å². The van der Waals surface area contributed by atoms with Crippen LogP contribution in [0.4, 0.5) is 10.5 Å². The molecule has 0 aliphatic heterocycles. The smallest absolute Gasteiger partial charge is 0.319 e. The van der Waals surface area contributed by atoms with Gasteiger partial charge in [-0.2, -0.15) is 0 Å². The fourth-order valence-electron chi connectivity index (χ4n) is 2.90. The first-order valence-electron chi connectivity index (χ1n) is 9.54. The average Bonchev–Trinajstić information content (AvgIpc) is 3.50. The van der Waals surface area contributed by atoms with E-state index in [1.165, 1.54) is 19.2 Å². The summed E-state index contributed by atoms with van der Waals surface area (Å²) in [6, 6.07) is 10.9. The number of nitrogens with zero attached hydrogens (tertiary/aromatic N) is 1. The predicted octanol–water partition coefficient (Wildman–Crippen LogP) is 2.81. The summed E-state index contributed by atoms with van der Waals surface area (Å²) in [7, 11) is -2.15. The van der Waals surface area contributed by atoms with Gasteiger partial charge in [0.05, 0.1) is 12.0 Å². The van der Waals surface area contributed by atoms with Crippen molar-refractivity contribution in [1.82, 2.24) is 15.0 Å². The molecular formula is C20H22N4O5S. The Morgan fingerprint density at radius 2 is 1.93 bits per heavy atom. The Morgan fingerprint density at radius 1 is 1.17 bits per heavy atom. The number of sulfonamides is 1. The highest BCUT2D eigenvalue weighted by molar-refractivity contribution is 7.89. The van der Waals surface area contributed by atoms with Crippen LogP contribution < -0.4 is 20.1 Å². The second kappa shape index (κ2) is 8.33. The summed E-state index contributed by atoms with van der Waals surface area (Å²) in [6.45, 7) is 0.175. The van der Waals surface area contributed by atoms with Gasteiger partial charge in [-0.25, -0.2) is 22.9 Å². The number of amides is 2. The number of ether oxygens (including phenoxy) is 1. The van der Waals surface area contributed by atoms with Gasteiger partial charge in [0.15, 0.2) is 11.5 Å². The molecule has 1 heterocycles. The number of oxazole rings is 1. The molecule has 0 spiro atoms. The summed E-state index contributed by atoms with van der Waals surface area (Å²) in [6.07, 6.45) is 2.20. The number of carbonyl (C=O) groups excluding carboxylic acids is 1. The number of benzene rings is 2. The number of hydrogen-bond donors (Lipinski definition) is 3. The molecule has 0 unspecified atom stereocenters. The minimum absolute atomic E-state index is 0.0504. The molecule has 2 amide bonds. The van der Waals surface area contributed by atoms with E-state index in [-0.39, 0.29) is 18.0 Å². The summed E-state index contributed by atoms with van der Waals surface area (Å²) in [4.78, 5) is 16.7. The molecule has 0 saturated heterocycles. The lowest BCUT2D eigenvalue weighted by atomic mass is 10.3. The van der Waals surface area contributed by atoms with Gasteiger partial charge in [-0.05, 0) is 55.3 Å². The first-order chi connectivity index (χ1) is 14.4. The standard InChI is InChI=1S/C20H22N4O5S/c1-28-15-5-7-16(8-6-15)30(26,27)22-11-10-21-20(25)23-14-4-9-18-17(12-14)24-19(29-18)13-2-3-13/h4-9,12-13,22H,2-3,10-11H2,1H3,(H2,21,23,25). The summed E-state index contributed by atoms with van der Waals surface area (Å²) in [5.74, 6) is 1.73. The number of nitrogens with one attached hydrogen (secondary N) is 3. The lowest BCUT2D eigenvalue weighted by molar-refractivity contribution is 0.252. The van der Waals surface area contributed by atoms with E-state index < -0.39 is 16.1 Å². The molecule has 9 nitrogen and oxygen atoms in total. The minimum Gasteiger partial charge on any atom is -0.497 e. The Kier molecular flexibility index (Phi) is 5.60. The SMILES string of the molecule is COc1ccc(S(=O)(=O)NCCNC(=O)Nc2ccc3oc(C4CC4)nc3c2)cc1. The van der Waals surface area contributed by atoms with Crippen LogP contribution in [0.2, 0.25) is 0 Å². The second-order valence-electron chi connectivity index (χ2n) is 6.96. The van der Waals surface area contributed by atoms with E-state index in [0.717, 1.165) is 18.7 Å². The van der Waals surface area contributed by atoms with Gasteiger partial charge in [-0.3, -0.25) is 0 Å². The number of hydrogen-bond acceptors (Lipinski definition) is 6. The zero-order valence-corrected chi connectivity index (χ0v) is 17.2. The Labute approximate surface area is 173 Å². The van der Waals surface area contributed by atoms with Crippen LogP contribution >= 0.6 is 0 Å². The van der Waals surface area contributed by atoms with E-state index in [4.69, 9.17) is 9.15 Å². The molecule has 1 fully saturated rings. The number of urea groups is 1. The van der Waals surface area contributed by atoms with Crippen molar-refractivity contribution in [3.05, 3.63) is 48.4 Å². The van der Waals surface area contributed by atoms with Crippen molar-refractivity contribution >= 4 is 32.8 Å². The van der Waals surface area contributed by atoms with Crippen molar-refractivity contribution in [1.29, 1.82) is 0 Å². The van der Waals surface area contributed by atoms with E-state index in [0.29, 0.717) is 28.5 Å². The zero-order valence-electron chi connectivity index (χ0n) is 16.3. The molecule has 3 N–H and O–H groups in total. The number of methoxy groups -OCH3 is 1. The number of fused-ring (bicyclic) bond motifs is 1. The van der Waals surface area contributed by atoms with Crippen LogP contribution in [-0.4, -0.2) is 39.6 Å². The molecule has 10 heteroatoms.